The molecule has 1 aromatic rings. The van der Waals surface area contributed by atoms with Gasteiger partial charge in [-0.25, -0.2) is 0 Å². The maximum absolute atomic E-state index is 11.2. The van der Waals surface area contributed by atoms with Crippen LogP contribution >= 0.6 is 0 Å². The summed E-state index contributed by atoms with van der Waals surface area (Å²) in [7, 11) is 0. The number of hydrogen-bond donors (Lipinski definition) is 2. The predicted molar refractivity (Wildman–Crippen MR) is 54.9 cm³/mol. The number of aliphatic hydroxyl groups excluding tert-OH is 1. The lowest BCUT2D eigenvalue weighted by Crippen LogP contribution is -2.23. The number of rotatable bonds is 5. The van der Waals surface area contributed by atoms with E-state index in [0.717, 1.165) is 11.4 Å². The molecule has 0 saturated heterocycles. The number of carbonyl (C=O) groups excluding carboxylic acids is 1. The molecule has 0 aliphatic heterocycles. The van der Waals surface area contributed by atoms with Crippen molar-refractivity contribution in [2.45, 2.75) is 26.3 Å². The number of amides is 1. The molecule has 0 saturated carbocycles. The van der Waals surface area contributed by atoms with Crippen molar-refractivity contribution >= 4 is 5.91 Å². The van der Waals surface area contributed by atoms with Crippen LogP contribution in [-0.4, -0.2) is 27.6 Å². The third-order valence-corrected chi connectivity index (χ3v) is 1.86. The maximum Gasteiger partial charge on any atom is 0.220 e. The summed E-state index contributed by atoms with van der Waals surface area (Å²) in [5, 5.41) is 11.2. The Labute approximate surface area is 88.6 Å². The zero-order chi connectivity index (χ0) is 11.1. The number of aryl methyl sites for hydroxylation is 1. The zero-order valence-corrected chi connectivity index (χ0v) is 8.73. The molecule has 1 amide bonds. The Morgan fingerprint density at radius 2 is 2.27 bits per heavy atom. The molecule has 0 radical (unpaired) electrons. The lowest BCUT2D eigenvalue weighted by molar-refractivity contribution is -0.121. The molecule has 2 N–H and O–H groups in total. The standard InChI is InChI=1S/C10H15N3O2/c1-8-5-12-9(6-11-8)7-13-10(15)3-2-4-14/h5-6,14H,2-4,7H2,1H3,(H,13,15). The van der Waals surface area contributed by atoms with Gasteiger partial charge in [-0.15, -0.1) is 0 Å². The second-order valence-electron chi connectivity index (χ2n) is 3.25. The highest BCUT2D eigenvalue weighted by Crippen LogP contribution is 1.94. The third-order valence-electron chi connectivity index (χ3n) is 1.86. The van der Waals surface area contributed by atoms with Gasteiger partial charge in [-0.2, -0.15) is 0 Å². The van der Waals surface area contributed by atoms with Gasteiger partial charge in [0.25, 0.3) is 0 Å². The highest BCUT2D eigenvalue weighted by atomic mass is 16.3. The number of nitrogens with one attached hydrogen (secondary N) is 1. The van der Waals surface area contributed by atoms with Crippen LogP contribution in [0.5, 0.6) is 0 Å². The van der Waals surface area contributed by atoms with E-state index in [-0.39, 0.29) is 12.5 Å². The second kappa shape index (κ2) is 6.08. The van der Waals surface area contributed by atoms with Crippen molar-refractivity contribution in [1.82, 2.24) is 15.3 Å². The summed E-state index contributed by atoms with van der Waals surface area (Å²) < 4.78 is 0. The van der Waals surface area contributed by atoms with Crippen molar-refractivity contribution in [3.8, 4) is 0 Å². The van der Waals surface area contributed by atoms with E-state index in [4.69, 9.17) is 5.11 Å². The van der Waals surface area contributed by atoms with Crippen LogP contribution in [0, 0.1) is 6.92 Å². The molecule has 5 heteroatoms. The van der Waals surface area contributed by atoms with Gasteiger partial charge in [0.05, 0.1) is 24.1 Å². The van der Waals surface area contributed by atoms with Crippen molar-refractivity contribution < 1.29 is 9.90 Å². The Kier molecular flexibility index (Phi) is 4.70. The summed E-state index contributed by atoms with van der Waals surface area (Å²) in [5.41, 5.74) is 1.59. The van der Waals surface area contributed by atoms with Crippen LogP contribution in [0.2, 0.25) is 0 Å². The Hall–Kier alpha value is -1.49. The molecular weight excluding hydrogens is 194 g/mol. The van der Waals surface area contributed by atoms with Crippen LogP contribution < -0.4 is 5.32 Å². The fraction of sp³-hybridized carbons (Fsp3) is 0.500. The summed E-state index contributed by atoms with van der Waals surface area (Å²) in [6.45, 7) is 2.28. The first kappa shape index (κ1) is 11.6. The number of nitrogens with zero attached hydrogens (tertiary/aromatic N) is 2. The van der Waals surface area contributed by atoms with Crippen molar-refractivity contribution in [2.75, 3.05) is 6.61 Å². The van der Waals surface area contributed by atoms with Crippen LogP contribution in [-0.2, 0) is 11.3 Å². The van der Waals surface area contributed by atoms with Gasteiger partial charge in [-0.05, 0) is 13.3 Å². The van der Waals surface area contributed by atoms with Crippen molar-refractivity contribution in [1.29, 1.82) is 0 Å². The molecule has 1 aromatic heterocycles. The Bertz CT molecular complexity index is 311. The van der Waals surface area contributed by atoms with Crippen LogP contribution in [0.3, 0.4) is 0 Å². The van der Waals surface area contributed by atoms with Crippen LogP contribution in [0.15, 0.2) is 12.4 Å². The minimum atomic E-state index is -0.0774. The van der Waals surface area contributed by atoms with Crippen molar-refractivity contribution in [2.24, 2.45) is 0 Å². The predicted octanol–water partition coefficient (Wildman–Crippen LogP) is 0.174. The third kappa shape index (κ3) is 4.51. The van der Waals surface area contributed by atoms with E-state index in [1.54, 1.807) is 12.4 Å². The number of aliphatic hydroxyl groups is 1. The molecule has 1 heterocycles. The normalized spacial score (nSPS) is 10.0. The minimum Gasteiger partial charge on any atom is -0.396 e. The SMILES string of the molecule is Cc1cnc(CNC(=O)CCCO)cn1. The van der Waals surface area contributed by atoms with Crippen molar-refractivity contribution in [3.63, 3.8) is 0 Å². The fourth-order valence-electron chi connectivity index (χ4n) is 1.03. The summed E-state index contributed by atoms with van der Waals surface area (Å²) >= 11 is 0. The molecule has 0 atom stereocenters. The summed E-state index contributed by atoms with van der Waals surface area (Å²) in [6, 6.07) is 0. The molecule has 0 spiro atoms. The largest absolute Gasteiger partial charge is 0.396 e. The Balaban J connectivity index is 2.30. The van der Waals surface area contributed by atoms with Crippen LogP contribution in [0.25, 0.3) is 0 Å². The minimum absolute atomic E-state index is 0.0394. The molecule has 15 heavy (non-hydrogen) atoms. The first-order valence-corrected chi connectivity index (χ1v) is 4.87. The monoisotopic (exact) mass is 209 g/mol. The topological polar surface area (TPSA) is 75.1 Å². The molecule has 0 unspecified atom stereocenters. The van der Waals surface area contributed by atoms with E-state index in [9.17, 15) is 4.79 Å². The summed E-state index contributed by atoms with van der Waals surface area (Å²) in [4.78, 5) is 19.3. The van der Waals surface area contributed by atoms with E-state index in [1.165, 1.54) is 0 Å². The maximum atomic E-state index is 11.2. The molecule has 0 aliphatic carbocycles. The lowest BCUT2D eigenvalue weighted by atomic mass is 10.3. The van der Waals surface area contributed by atoms with E-state index < -0.39 is 0 Å². The molecule has 0 aromatic carbocycles. The van der Waals surface area contributed by atoms with E-state index in [1.807, 2.05) is 6.92 Å². The average Bonchev–Trinajstić information content (AvgIpc) is 2.25. The highest BCUT2D eigenvalue weighted by molar-refractivity contribution is 5.75. The van der Waals surface area contributed by atoms with Gasteiger partial charge in [0.15, 0.2) is 0 Å². The molecule has 0 aliphatic rings. The smallest absolute Gasteiger partial charge is 0.220 e. The number of hydrogen-bond acceptors (Lipinski definition) is 4. The fourth-order valence-corrected chi connectivity index (χ4v) is 1.03. The quantitative estimate of drug-likeness (QED) is 0.725. The molecular formula is C10H15N3O2. The molecule has 0 bridgehead atoms. The van der Waals surface area contributed by atoms with E-state index in [0.29, 0.717) is 19.4 Å². The highest BCUT2D eigenvalue weighted by Gasteiger charge is 2.01. The summed E-state index contributed by atoms with van der Waals surface area (Å²) in [6.07, 6.45) is 4.14. The molecule has 82 valence electrons. The van der Waals surface area contributed by atoms with Crippen LogP contribution in [0.1, 0.15) is 24.2 Å². The molecule has 5 nitrogen and oxygen atoms in total. The van der Waals surface area contributed by atoms with Gasteiger partial charge in [-0.1, -0.05) is 0 Å². The van der Waals surface area contributed by atoms with Gasteiger partial charge >= 0.3 is 0 Å². The first-order chi connectivity index (χ1) is 7.22. The Morgan fingerprint density at radius 1 is 1.47 bits per heavy atom. The van der Waals surface area contributed by atoms with E-state index in [2.05, 4.69) is 15.3 Å². The zero-order valence-electron chi connectivity index (χ0n) is 8.73. The van der Waals surface area contributed by atoms with Crippen LogP contribution in [0.4, 0.5) is 0 Å². The average molecular weight is 209 g/mol. The van der Waals surface area contributed by atoms with Gasteiger partial charge in [0.1, 0.15) is 0 Å². The number of aromatic nitrogens is 2. The first-order valence-electron chi connectivity index (χ1n) is 4.87. The van der Waals surface area contributed by atoms with E-state index >= 15 is 0 Å². The van der Waals surface area contributed by atoms with Crippen molar-refractivity contribution in [3.05, 3.63) is 23.8 Å². The van der Waals surface area contributed by atoms with Gasteiger partial charge in [0, 0.05) is 19.2 Å². The van der Waals surface area contributed by atoms with Gasteiger partial charge in [0.2, 0.25) is 5.91 Å². The van der Waals surface area contributed by atoms with Gasteiger partial charge in [-0.3, -0.25) is 14.8 Å². The Morgan fingerprint density at radius 3 is 2.87 bits per heavy atom. The molecule has 0 fully saturated rings. The summed E-state index contributed by atoms with van der Waals surface area (Å²) in [5.74, 6) is -0.0774. The second-order valence-corrected chi connectivity index (χ2v) is 3.25. The molecule has 1 rings (SSSR count). The van der Waals surface area contributed by atoms with Gasteiger partial charge < -0.3 is 10.4 Å². The number of carbonyl (C=O) groups is 1. The lowest BCUT2D eigenvalue weighted by Gasteiger charge is -2.03.